The van der Waals surface area contributed by atoms with Gasteiger partial charge in [-0.3, -0.25) is 4.79 Å². The molecule has 0 saturated heterocycles. The molecule has 1 aromatic heterocycles. The molecule has 2 atom stereocenters. The molecule has 0 aliphatic carbocycles. The van der Waals surface area contributed by atoms with Crippen LogP contribution in [0.25, 0.3) is 0 Å². The van der Waals surface area contributed by atoms with E-state index in [9.17, 15) is 14.8 Å². The van der Waals surface area contributed by atoms with Crippen molar-refractivity contribution >= 4 is 23.6 Å². The minimum absolute atomic E-state index is 0.0208. The zero-order valence-corrected chi connectivity index (χ0v) is 13.2. The van der Waals surface area contributed by atoms with Gasteiger partial charge in [-0.05, 0) is 23.7 Å². The summed E-state index contributed by atoms with van der Waals surface area (Å²) < 4.78 is 5.40. The van der Waals surface area contributed by atoms with Gasteiger partial charge in [0.25, 0.3) is 5.03 Å². The van der Waals surface area contributed by atoms with Crippen molar-refractivity contribution in [3.8, 4) is 0 Å². The van der Waals surface area contributed by atoms with E-state index in [4.69, 9.17) is 4.74 Å². The molecule has 0 aromatic carbocycles. The summed E-state index contributed by atoms with van der Waals surface area (Å²) in [4.78, 5) is 23.6. The molecular weight excluding hydrogens is 292 g/mol. The van der Waals surface area contributed by atoms with Crippen LogP contribution in [0.3, 0.4) is 0 Å². The first kappa shape index (κ1) is 17.3. The van der Waals surface area contributed by atoms with Crippen LogP contribution < -0.4 is 10.0 Å². The van der Waals surface area contributed by atoms with Crippen LogP contribution >= 0.6 is 11.8 Å². The van der Waals surface area contributed by atoms with Crippen molar-refractivity contribution < 1.29 is 19.1 Å². The number of hydrogen-bond acceptors (Lipinski definition) is 5. The van der Waals surface area contributed by atoms with Crippen LogP contribution in [0, 0.1) is 11.1 Å². The lowest BCUT2D eigenvalue weighted by Gasteiger charge is -2.21. The fraction of sp³-hybridized carbons (Fsp3) is 0.500. The predicted octanol–water partition coefficient (Wildman–Crippen LogP) is 1.12. The number of thioether (sulfide) groups is 1. The maximum Gasteiger partial charge on any atom is 0.328 e. The highest BCUT2D eigenvalue weighted by Crippen LogP contribution is 2.13. The van der Waals surface area contributed by atoms with Crippen LogP contribution in [0.4, 0.5) is 0 Å². The Labute approximate surface area is 128 Å². The number of nitrogens with one attached hydrogen (secondary N) is 1. The standard InChI is InChI=1S/C14H20N2O4S/c1-4-10(2)13(14(18)20-3)15-11(17)9-21-12-7-5-6-8-16(12)19/h5-8,10,13H,4,9H2,1-3H3,(H,15,17)/t10-,13-/m1/s1. The third-order valence-corrected chi connectivity index (χ3v) is 4.14. The maximum atomic E-state index is 11.9. The summed E-state index contributed by atoms with van der Waals surface area (Å²) >= 11 is 1.12. The lowest BCUT2D eigenvalue weighted by Crippen LogP contribution is -2.46. The number of nitrogens with zero attached hydrogens (tertiary/aromatic N) is 1. The van der Waals surface area contributed by atoms with Crippen LogP contribution in [0.15, 0.2) is 29.4 Å². The first-order valence-electron chi connectivity index (χ1n) is 6.67. The second-order valence-corrected chi connectivity index (χ2v) is 5.60. The molecule has 0 radical (unpaired) electrons. The van der Waals surface area contributed by atoms with Gasteiger partial charge in [-0.2, -0.15) is 4.73 Å². The van der Waals surface area contributed by atoms with Gasteiger partial charge >= 0.3 is 5.97 Å². The summed E-state index contributed by atoms with van der Waals surface area (Å²) in [6.45, 7) is 3.81. The minimum Gasteiger partial charge on any atom is -0.618 e. The topological polar surface area (TPSA) is 82.3 Å². The first-order chi connectivity index (χ1) is 9.99. The Hall–Kier alpha value is -1.76. The van der Waals surface area contributed by atoms with Gasteiger partial charge in [0.2, 0.25) is 5.91 Å². The van der Waals surface area contributed by atoms with Gasteiger partial charge in [0, 0.05) is 12.1 Å². The van der Waals surface area contributed by atoms with Gasteiger partial charge in [0.15, 0.2) is 6.20 Å². The van der Waals surface area contributed by atoms with Crippen molar-refractivity contribution in [2.75, 3.05) is 12.9 Å². The number of methoxy groups -OCH3 is 1. The van der Waals surface area contributed by atoms with E-state index in [-0.39, 0.29) is 17.6 Å². The Morgan fingerprint density at radius 1 is 1.48 bits per heavy atom. The Kier molecular flexibility index (Phi) is 7.01. The van der Waals surface area contributed by atoms with Gasteiger partial charge in [-0.25, -0.2) is 4.79 Å². The number of hydrogen-bond donors (Lipinski definition) is 1. The normalized spacial score (nSPS) is 13.3. The molecule has 0 fully saturated rings. The molecule has 1 heterocycles. The van der Waals surface area contributed by atoms with Crippen molar-refractivity contribution in [3.63, 3.8) is 0 Å². The lowest BCUT2D eigenvalue weighted by atomic mass is 9.99. The highest BCUT2D eigenvalue weighted by atomic mass is 32.2. The van der Waals surface area contributed by atoms with E-state index in [0.717, 1.165) is 18.2 Å². The average molecular weight is 312 g/mol. The van der Waals surface area contributed by atoms with Crippen molar-refractivity contribution in [1.29, 1.82) is 0 Å². The Bertz CT molecular complexity index is 496. The summed E-state index contributed by atoms with van der Waals surface area (Å²) in [5.41, 5.74) is 0. The van der Waals surface area contributed by atoms with Gasteiger partial charge in [-0.1, -0.05) is 20.3 Å². The highest BCUT2D eigenvalue weighted by molar-refractivity contribution is 7.99. The van der Waals surface area contributed by atoms with Crippen LogP contribution in [-0.2, 0) is 14.3 Å². The number of amides is 1. The molecule has 0 unspecified atom stereocenters. The Morgan fingerprint density at radius 2 is 2.19 bits per heavy atom. The van der Waals surface area contributed by atoms with Crippen LogP contribution in [0.1, 0.15) is 20.3 Å². The molecule has 0 bridgehead atoms. The smallest absolute Gasteiger partial charge is 0.328 e. The van der Waals surface area contributed by atoms with E-state index in [1.807, 2.05) is 13.8 Å². The van der Waals surface area contributed by atoms with E-state index in [2.05, 4.69) is 5.32 Å². The van der Waals surface area contributed by atoms with Crippen LogP contribution in [-0.4, -0.2) is 30.8 Å². The number of ether oxygens (including phenoxy) is 1. The molecule has 116 valence electrons. The monoisotopic (exact) mass is 312 g/mol. The van der Waals surface area contributed by atoms with Crippen molar-refractivity contribution in [2.45, 2.75) is 31.3 Å². The molecule has 21 heavy (non-hydrogen) atoms. The molecule has 0 saturated carbocycles. The average Bonchev–Trinajstić information content (AvgIpc) is 2.50. The summed E-state index contributed by atoms with van der Waals surface area (Å²) in [6, 6.07) is 4.32. The quantitative estimate of drug-likeness (QED) is 0.353. The number of pyridine rings is 1. The second-order valence-electron chi connectivity index (χ2n) is 4.61. The summed E-state index contributed by atoms with van der Waals surface area (Å²) in [5, 5.41) is 14.6. The molecule has 0 aliphatic rings. The first-order valence-corrected chi connectivity index (χ1v) is 7.66. The maximum absolute atomic E-state index is 11.9. The van der Waals surface area contributed by atoms with Gasteiger partial charge < -0.3 is 15.3 Å². The Morgan fingerprint density at radius 3 is 2.76 bits per heavy atom. The summed E-state index contributed by atoms with van der Waals surface area (Å²) in [6.07, 6.45) is 2.11. The Balaban J connectivity index is 2.58. The summed E-state index contributed by atoms with van der Waals surface area (Å²) in [5.74, 6) is -0.718. The number of carbonyl (C=O) groups is 2. The second kappa shape index (κ2) is 8.51. The van der Waals surface area contributed by atoms with Gasteiger partial charge in [0.1, 0.15) is 6.04 Å². The van der Waals surface area contributed by atoms with E-state index in [0.29, 0.717) is 9.76 Å². The molecule has 1 N–H and O–H groups in total. The van der Waals surface area contributed by atoms with Gasteiger partial charge in [-0.15, -0.1) is 0 Å². The largest absolute Gasteiger partial charge is 0.618 e. The molecule has 1 rings (SSSR count). The molecule has 0 aliphatic heterocycles. The van der Waals surface area contributed by atoms with Crippen molar-refractivity contribution in [3.05, 3.63) is 29.6 Å². The number of aromatic nitrogens is 1. The number of carbonyl (C=O) groups excluding carboxylic acids is 2. The van der Waals surface area contributed by atoms with Gasteiger partial charge in [0.05, 0.1) is 12.9 Å². The van der Waals surface area contributed by atoms with Crippen molar-refractivity contribution in [2.24, 2.45) is 5.92 Å². The fourth-order valence-corrected chi connectivity index (χ4v) is 2.40. The lowest BCUT2D eigenvalue weighted by molar-refractivity contribution is -0.645. The highest BCUT2D eigenvalue weighted by Gasteiger charge is 2.26. The van der Waals surface area contributed by atoms with E-state index in [1.165, 1.54) is 13.3 Å². The third kappa shape index (κ3) is 5.26. The summed E-state index contributed by atoms with van der Waals surface area (Å²) in [7, 11) is 1.29. The number of esters is 1. The van der Waals surface area contributed by atoms with E-state index < -0.39 is 12.0 Å². The molecule has 0 spiro atoms. The molecule has 1 aromatic rings. The SMILES string of the molecule is CC[C@@H](C)[C@@H](NC(=O)CSc1cccc[n+]1[O-])C(=O)OC. The molecule has 6 nitrogen and oxygen atoms in total. The van der Waals surface area contributed by atoms with Crippen LogP contribution in [0.2, 0.25) is 0 Å². The third-order valence-electron chi connectivity index (χ3n) is 3.12. The van der Waals surface area contributed by atoms with Crippen LogP contribution in [0.5, 0.6) is 0 Å². The fourth-order valence-electron chi connectivity index (χ4n) is 1.68. The molecule has 7 heteroatoms. The zero-order chi connectivity index (χ0) is 15.8. The van der Waals surface area contributed by atoms with E-state index >= 15 is 0 Å². The predicted molar refractivity (Wildman–Crippen MR) is 79.5 cm³/mol. The van der Waals surface area contributed by atoms with Crippen molar-refractivity contribution in [1.82, 2.24) is 5.32 Å². The van der Waals surface area contributed by atoms with E-state index in [1.54, 1.807) is 18.2 Å². The molecule has 1 amide bonds. The minimum atomic E-state index is -0.664. The number of rotatable bonds is 7. The zero-order valence-electron chi connectivity index (χ0n) is 12.4. The molecular formula is C14H20N2O4S.